The fraction of sp³-hybridized carbons (Fsp3) is 0.273. The number of nitrogens with zero attached hydrogens (tertiary/aromatic N) is 2. The van der Waals surface area contributed by atoms with Crippen LogP contribution in [0.15, 0.2) is 60.2 Å². The first kappa shape index (κ1) is 18.9. The van der Waals surface area contributed by atoms with Crippen LogP contribution in [0.4, 0.5) is 17.1 Å². The van der Waals surface area contributed by atoms with Crippen molar-refractivity contribution in [2.75, 3.05) is 30.6 Å². The summed E-state index contributed by atoms with van der Waals surface area (Å²) in [6.07, 6.45) is 3.09. The summed E-state index contributed by atoms with van der Waals surface area (Å²) in [4.78, 5) is 29.6. The number of likely N-dealkylation sites (N-methyl/N-ethyl adjacent to an activating group) is 1. The molecule has 0 radical (unpaired) electrons. The molecule has 1 heterocycles. The minimum Gasteiger partial charge on any atom is -0.385 e. The Bertz CT molecular complexity index is 874. The summed E-state index contributed by atoms with van der Waals surface area (Å²) in [6, 6.07) is 15.2. The monoisotopic (exact) mass is 364 g/mol. The molecule has 2 aromatic rings. The number of methoxy groups -OCH3 is 1. The van der Waals surface area contributed by atoms with E-state index >= 15 is 0 Å². The standard InChI is InChI=1S/C22H24N2O3/c1-16-12-13-19-20(15-16)23(2)21(25)18(11-7-8-14-27-3)22(26)24(19)17-9-5-4-6-10-17/h4-6,9-13,15H,7-8,14H2,1-3H3/b18-11-. The lowest BCUT2D eigenvalue weighted by atomic mass is 10.1. The van der Waals surface area contributed by atoms with E-state index in [9.17, 15) is 9.59 Å². The number of carbonyl (C=O) groups excluding carboxylic acids is 2. The summed E-state index contributed by atoms with van der Waals surface area (Å²) in [5.41, 5.74) is 3.37. The molecule has 2 aromatic carbocycles. The predicted octanol–water partition coefficient (Wildman–Crippen LogP) is 3.99. The second kappa shape index (κ2) is 8.18. The van der Waals surface area contributed by atoms with Gasteiger partial charge in [0, 0.05) is 26.5 Å². The maximum atomic E-state index is 13.4. The molecule has 5 nitrogen and oxygen atoms in total. The highest BCUT2D eigenvalue weighted by molar-refractivity contribution is 6.32. The first-order chi connectivity index (χ1) is 13.0. The smallest absolute Gasteiger partial charge is 0.268 e. The van der Waals surface area contributed by atoms with E-state index in [0.29, 0.717) is 18.7 Å². The third kappa shape index (κ3) is 3.78. The highest BCUT2D eigenvalue weighted by atomic mass is 16.5. The molecule has 3 rings (SSSR count). The summed E-state index contributed by atoms with van der Waals surface area (Å²) in [5.74, 6) is -0.597. The number of hydrogen-bond acceptors (Lipinski definition) is 3. The molecule has 0 saturated heterocycles. The number of carbonyl (C=O) groups is 2. The quantitative estimate of drug-likeness (QED) is 0.458. The van der Waals surface area contributed by atoms with Gasteiger partial charge in [-0.1, -0.05) is 30.3 Å². The fourth-order valence-electron chi connectivity index (χ4n) is 3.18. The van der Waals surface area contributed by atoms with Gasteiger partial charge < -0.3 is 9.64 Å². The zero-order valence-electron chi connectivity index (χ0n) is 15.9. The molecule has 0 spiro atoms. The minimum atomic E-state index is -0.307. The molecule has 1 aliphatic heterocycles. The van der Waals surface area contributed by atoms with Crippen LogP contribution in [0.2, 0.25) is 0 Å². The summed E-state index contributed by atoms with van der Waals surface area (Å²) >= 11 is 0. The highest BCUT2D eigenvalue weighted by Gasteiger charge is 2.34. The average molecular weight is 364 g/mol. The molecule has 0 atom stereocenters. The first-order valence-electron chi connectivity index (χ1n) is 9.02. The number of aryl methyl sites for hydroxylation is 1. The normalized spacial score (nSPS) is 15.9. The van der Waals surface area contributed by atoms with Gasteiger partial charge in [-0.2, -0.15) is 0 Å². The van der Waals surface area contributed by atoms with Crippen molar-refractivity contribution < 1.29 is 14.3 Å². The molecular formula is C22H24N2O3. The van der Waals surface area contributed by atoms with E-state index in [0.717, 1.165) is 23.4 Å². The molecule has 140 valence electrons. The number of anilines is 3. The maximum Gasteiger partial charge on any atom is 0.268 e. The van der Waals surface area contributed by atoms with E-state index in [2.05, 4.69) is 0 Å². The fourth-order valence-corrected chi connectivity index (χ4v) is 3.18. The summed E-state index contributed by atoms with van der Waals surface area (Å²) in [6.45, 7) is 2.56. The van der Waals surface area contributed by atoms with Crippen molar-refractivity contribution in [3.05, 3.63) is 65.7 Å². The molecule has 0 unspecified atom stereocenters. The van der Waals surface area contributed by atoms with Gasteiger partial charge >= 0.3 is 0 Å². The van der Waals surface area contributed by atoms with Crippen LogP contribution in [-0.2, 0) is 14.3 Å². The number of fused-ring (bicyclic) bond motifs is 1. The average Bonchev–Trinajstić information content (AvgIpc) is 2.75. The number of hydrogen-bond donors (Lipinski definition) is 0. The third-order valence-corrected chi connectivity index (χ3v) is 4.62. The van der Waals surface area contributed by atoms with Gasteiger partial charge in [0.2, 0.25) is 0 Å². The number of amides is 2. The van der Waals surface area contributed by atoms with Gasteiger partial charge in [-0.05, 0) is 49.6 Å². The Balaban J connectivity index is 2.13. The highest BCUT2D eigenvalue weighted by Crippen LogP contribution is 2.39. The van der Waals surface area contributed by atoms with Crippen molar-refractivity contribution in [1.29, 1.82) is 0 Å². The molecule has 1 aliphatic rings. The van der Waals surface area contributed by atoms with Gasteiger partial charge in [-0.3, -0.25) is 14.5 Å². The summed E-state index contributed by atoms with van der Waals surface area (Å²) < 4.78 is 5.07. The van der Waals surface area contributed by atoms with Crippen LogP contribution in [0, 0.1) is 6.92 Å². The Morgan fingerprint density at radius 2 is 1.74 bits per heavy atom. The molecule has 0 aliphatic carbocycles. The Kier molecular flexibility index (Phi) is 5.72. The van der Waals surface area contributed by atoms with Gasteiger partial charge in [0.1, 0.15) is 5.57 Å². The molecule has 0 N–H and O–H groups in total. The number of unbranched alkanes of at least 4 members (excludes halogenated alkanes) is 1. The number of ether oxygens (including phenoxy) is 1. The predicted molar refractivity (Wildman–Crippen MR) is 107 cm³/mol. The number of benzene rings is 2. The van der Waals surface area contributed by atoms with Crippen molar-refractivity contribution >= 4 is 28.9 Å². The Morgan fingerprint density at radius 1 is 1.00 bits per heavy atom. The molecule has 2 amide bonds. The van der Waals surface area contributed by atoms with Crippen molar-refractivity contribution in [3.63, 3.8) is 0 Å². The third-order valence-electron chi connectivity index (χ3n) is 4.62. The zero-order chi connectivity index (χ0) is 19.4. The molecule has 0 aromatic heterocycles. The number of rotatable bonds is 5. The lowest BCUT2D eigenvalue weighted by Crippen LogP contribution is -2.32. The second-order valence-electron chi connectivity index (χ2n) is 6.59. The molecule has 0 bridgehead atoms. The van der Waals surface area contributed by atoms with E-state index in [1.54, 1.807) is 30.0 Å². The number of para-hydroxylation sites is 1. The molecular weight excluding hydrogens is 340 g/mol. The lowest BCUT2D eigenvalue weighted by Gasteiger charge is -2.24. The van der Waals surface area contributed by atoms with Crippen LogP contribution in [-0.4, -0.2) is 32.6 Å². The van der Waals surface area contributed by atoms with E-state index in [-0.39, 0.29) is 17.4 Å². The van der Waals surface area contributed by atoms with Crippen molar-refractivity contribution in [1.82, 2.24) is 0 Å². The molecule has 27 heavy (non-hydrogen) atoms. The zero-order valence-corrected chi connectivity index (χ0v) is 15.9. The molecule has 0 fully saturated rings. The van der Waals surface area contributed by atoms with Gasteiger partial charge in [0.05, 0.1) is 11.4 Å². The van der Waals surface area contributed by atoms with E-state index in [1.165, 1.54) is 0 Å². The van der Waals surface area contributed by atoms with Gasteiger partial charge in [0.25, 0.3) is 11.8 Å². The van der Waals surface area contributed by atoms with Crippen LogP contribution >= 0.6 is 0 Å². The lowest BCUT2D eigenvalue weighted by molar-refractivity contribution is -0.120. The Labute approximate surface area is 159 Å². The van der Waals surface area contributed by atoms with Crippen LogP contribution in [0.5, 0.6) is 0 Å². The van der Waals surface area contributed by atoms with E-state index < -0.39 is 0 Å². The Morgan fingerprint density at radius 3 is 2.44 bits per heavy atom. The van der Waals surface area contributed by atoms with Crippen molar-refractivity contribution in [3.8, 4) is 0 Å². The maximum absolute atomic E-state index is 13.4. The van der Waals surface area contributed by atoms with E-state index in [4.69, 9.17) is 4.74 Å². The molecule has 0 saturated carbocycles. The van der Waals surface area contributed by atoms with Crippen LogP contribution < -0.4 is 9.80 Å². The largest absolute Gasteiger partial charge is 0.385 e. The van der Waals surface area contributed by atoms with Crippen LogP contribution in [0.25, 0.3) is 0 Å². The van der Waals surface area contributed by atoms with Crippen LogP contribution in [0.3, 0.4) is 0 Å². The summed E-state index contributed by atoms with van der Waals surface area (Å²) in [7, 11) is 3.35. The number of allylic oxidation sites excluding steroid dienone is 1. The van der Waals surface area contributed by atoms with Gasteiger partial charge in [-0.15, -0.1) is 0 Å². The van der Waals surface area contributed by atoms with Gasteiger partial charge in [-0.25, -0.2) is 0 Å². The Hall–Kier alpha value is -2.92. The van der Waals surface area contributed by atoms with Crippen LogP contribution in [0.1, 0.15) is 18.4 Å². The molecule has 5 heteroatoms. The summed E-state index contributed by atoms with van der Waals surface area (Å²) in [5, 5.41) is 0. The minimum absolute atomic E-state index is 0.186. The first-order valence-corrected chi connectivity index (χ1v) is 9.02. The van der Waals surface area contributed by atoms with Gasteiger partial charge in [0.15, 0.2) is 0 Å². The second-order valence-corrected chi connectivity index (χ2v) is 6.59. The van der Waals surface area contributed by atoms with Crippen molar-refractivity contribution in [2.45, 2.75) is 19.8 Å². The topological polar surface area (TPSA) is 49.9 Å². The van der Waals surface area contributed by atoms with E-state index in [1.807, 2.05) is 55.5 Å². The SMILES string of the molecule is COCCC/C=C1/C(=O)N(C)c2cc(C)ccc2N(c2ccccc2)C1=O. The van der Waals surface area contributed by atoms with Crippen molar-refractivity contribution in [2.24, 2.45) is 0 Å².